The Labute approximate surface area is 333 Å². The molecule has 6 atom stereocenters. The van der Waals surface area contributed by atoms with Gasteiger partial charge in [-0.15, -0.1) is 0 Å². The third-order valence-corrected chi connectivity index (χ3v) is 9.99. The van der Waals surface area contributed by atoms with Gasteiger partial charge in [0.2, 0.25) is 0 Å². The third-order valence-electron chi connectivity index (χ3n) is 9.53. The Balaban J connectivity index is 2.43. The Hall–Kier alpha value is -1.68. The first-order valence-corrected chi connectivity index (χ1v) is 22.6. The predicted octanol–water partition coefficient (Wildman–Crippen LogP) is 8.24. The first-order chi connectivity index (χ1) is 26.6. The van der Waals surface area contributed by atoms with Crippen LogP contribution in [0.3, 0.4) is 0 Å². The summed E-state index contributed by atoms with van der Waals surface area (Å²) >= 11 is 0. The topological polar surface area (TPSA) is 178 Å². The fourth-order valence-corrected chi connectivity index (χ4v) is 6.84. The summed E-state index contributed by atoms with van der Waals surface area (Å²) in [5, 5.41) is 30.6. The molecule has 0 aliphatic carbocycles. The van der Waals surface area contributed by atoms with E-state index in [0.29, 0.717) is 13.0 Å². The molecule has 0 radical (unpaired) electrons. The SMILES string of the molecule is CC/C=C\C/C=C\C/C=C\CCCCCCCCCCOCC(COC1OC(CO)C(O)C(OS(=O)(=O)O)C1O)OC(=O)CCCCCCCCCCCC. The molecule has 0 aromatic rings. The van der Waals surface area contributed by atoms with E-state index in [2.05, 4.69) is 54.5 Å². The normalized spacial score (nSPS) is 21.3. The zero-order valence-corrected chi connectivity index (χ0v) is 34.8. The molecule has 0 bridgehead atoms. The Morgan fingerprint density at radius 3 is 1.84 bits per heavy atom. The first-order valence-electron chi connectivity index (χ1n) is 21.2. The van der Waals surface area contributed by atoms with Crippen LogP contribution in [0.5, 0.6) is 0 Å². The lowest BCUT2D eigenvalue weighted by Crippen LogP contribution is -2.60. The standard InChI is InChI=1S/C42H76O12S/c1-3-5-7-9-11-13-15-16-17-18-19-20-21-22-24-26-28-30-32-50-34-36(52-38(44)31-29-27-25-23-14-12-10-8-6-4-2)35-51-42-40(46)41(54-55(47,48)49)39(45)37(33-43)53-42/h5,7,11,13,16-17,36-37,39-43,45-46H,3-4,6,8-10,12,14-15,18-35H2,1-2H3,(H,47,48,49)/b7-5-,13-11-,17-16-. The fraction of sp³-hybridized carbons (Fsp3) is 0.833. The summed E-state index contributed by atoms with van der Waals surface area (Å²) in [6.07, 6.45) is 29.0. The average Bonchev–Trinajstić information content (AvgIpc) is 3.15. The number of aliphatic hydroxyl groups is 3. The van der Waals surface area contributed by atoms with Crippen molar-refractivity contribution in [2.24, 2.45) is 0 Å². The molecule has 1 saturated heterocycles. The van der Waals surface area contributed by atoms with Gasteiger partial charge in [0.15, 0.2) is 6.29 Å². The highest BCUT2D eigenvalue weighted by molar-refractivity contribution is 7.80. The molecule has 1 rings (SSSR count). The molecule has 322 valence electrons. The molecule has 0 amide bonds. The van der Waals surface area contributed by atoms with E-state index in [1.807, 2.05) is 0 Å². The van der Waals surface area contributed by atoms with E-state index in [4.69, 9.17) is 23.5 Å². The zero-order chi connectivity index (χ0) is 40.4. The molecule has 0 saturated carbocycles. The minimum Gasteiger partial charge on any atom is -0.457 e. The lowest BCUT2D eigenvalue weighted by Gasteiger charge is -2.41. The number of carbonyl (C=O) groups is 1. The quantitative estimate of drug-likeness (QED) is 0.0207. The van der Waals surface area contributed by atoms with Crippen molar-refractivity contribution in [1.29, 1.82) is 0 Å². The fourth-order valence-electron chi connectivity index (χ4n) is 6.33. The van der Waals surface area contributed by atoms with Crippen molar-refractivity contribution in [1.82, 2.24) is 0 Å². The number of aliphatic hydroxyl groups excluding tert-OH is 3. The highest BCUT2D eigenvalue weighted by Crippen LogP contribution is 2.26. The Bertz CT molecular complexity index is 1110. The first kappa shape index (κ1) is 51.3. The number of carbonyl (C=O) groups excluding carboxylic acids is 1. The number of rotatable bonds is 36. The van der Waals surface area contributed by atoms with Crippen molar-refractivity contribution < 1.29 is 56.2 Å². The Morgan fingerprint density at radius 1 is 0.709 bits per heavy atom. The van der Waals surface area contributed by atoms with Crippen LogP contribution < -0.4 is 0 Å². The van der Waals surface area contributed by atoms with Gasteiger partial charge < -0.3 is 34.3 Å². The van der Waals surface area contributed by atoms with Crippen LogP contribution in [0.1, 0.15) is 162 Å². The van der Waals surface area contributed by atoms with Gasteiger partial charge in [-0.3, -0.25) is 9.35 Å². The van der Waals surface area contributed by atoms with Gasteiger partial charge in [-0.05, 0) is 44.9 Å². The van der Waals surface area contributed by atoms with Crippen LogP contribution >= 0.6 is 0 Å². The molecule has 1 aliphatic heterocycles. The number of hydrogen-bond acceptors (Lipinski definition) is 11. The minimum absolute atomic E-state index is 0.0324. The van der Waals surface area contributed by atoms with Crippen molar-refractivity contribution in [3.63, 3.8) is 0 Å². The van der Waals surface area contributed by atoms with Gasteiger partial charge in [0.25, 0.3) is 0 Å². The molecule has 1 aliphatic rings. The van der Waals surface area contributed by atoms with E-state index in [1.165, 1.54) is 70.6 Å². The molecule has 0 aromatic heterocycles. The van der Waals surface area contributed by atoms with Crippen LogP contribution in [0.15, 0.2) is 36.5 Å². The smallest absolute Gasteiger partial charge is 0.397 e. The number of hydrogen-bond donors (Lipinski definition) is 4. The van der Waals surface area contributed by atoms with Crippen LogP contribution in [0, 0.1) is 0 Å². The largest absolute Gasteiger partial charge is 0.457 e. The van der Waals surface area contributed by atoms with Crippen LogP contribution in [-0.4, -0.2) is 97.5 Å². The number of ether oxygens (including phenoxy) is 4. The van der Waals surface area contributed by atoms with Crippen molar-refractivity contribution in [3.8, 4) is 0 Å². The number of unbranched alkanes of at least 4 members (excludes halogenated alkanes) is 17. The lowest BCUT2D eigenvalue weighted by atomic mass is 9.99. The van der Waals surface area contributed by atoms with Gasteiger partial charge in [0.05, 0.1) is 19.8 Å². The molecular weight excluding hydrogens is 729 g/mol. The van der Waals surface area contributed by atoms with Crippen molar-refractivity contribution in [2.45, 2.75) is 198 Å². The minimum atomic E-state index is -5.06. The molecule has 6 unspecified atom stereocenters. The molecule has 4 N–H and O–H groups in total. The van der Waals surface area contributed by atoms with Crippen molar-refractivity contribution in [3.05, 3.63) is 36.5 Å². The maximum Gasteiger partial charge on any atom is 0.397 e. The van der Waals surface area contributed by atoms with E-state index in [-0.39, 0.29) is 19.6 Å². The van der Waals surface area contributed by atoms with Crippen molar-refractivity contribution >= 4 is 16.4 Å². The Morgan fingerprint density at radius 2 is 1.25 bits per heavy atom. The van der Waals surface area contributed by atoms with E-state index in [9.17, 15) is 28.5 Å². The second-order valence-electron chi connectivity index (χ2n) is 14.6. The van der Waals surface area contributed by atoms with E-state index in [0.717, 1.165) is 64.2 Å². The van der Waals surface area contributed by atoms with E-state index < -0.39 is 59.8 Å². The molecule has 13 heteroatoms. The molecule has 1 heterocycles. The summed E-state index contributed by atoms with van der Waals surface area (Å²) < 4.78 is 58.9. The molecule has 0 aromatic carbocycles. The van der Waals surface area contributed by atoms with Crippen molar-refractivity contribution in [2.75, 3.05) is 26.4 Å². The van der Waals surface area contributed by atoms with Crippen LogP contribution in [0.2, 0.25) is 0 Å². The van der Waals surface area contributed by atoms with Gasteiger partial charge in [-0.1, -0.05) is 147 Å². The van der Waals surface area contributed by atoms with Gasteiger partial charge in [0.1, 0.15) is 30.5 Å². The van der Waals surface area contributed by atoms with Crippen LogP contribution in [-0.2, 0) is 38.3 Å². The van der Waals surface area contributed by atoms with Crippen LogP contribution in [0.4, 0.5) is 0 Å². The van der Waals surface area contributed by atoms with Gasteiger partial charge >= 0.3 is 16.4 Å². The Kier molecular flexibility index (Phi) is 32.1. The van der Waals surface area contributed by atoms with E-state index >= 15 is 0 Å². The molecule has 12 nitrogen and oxygen atoms in total. The molecule has 55 heavy (non-hydrogen) atoms. The molecular formula is C42H76O12S. The average molecular weight is 805 g/mol. The van der Waals surface area contributed by atoms with Gasteiger partial charge in [-0.25, -0.2) is 4.18 Å². The van der Waals surface area contributed by atoms with Gasteiger partial charge in [0, 0.05) is 13.0 Å². The summed E-state index contributed by atoms with van der Waals surface area (Å²) in [5.41, 5.74) is 0. The molecule has 0 spiro atoms. The predicted molar refractivity (Wildman–Crippen MR) is 216 cm³/mol. The maximum atomic E-state index is 12.8. The maximum absolute atomic E-state index is 12.8. The lowest BCUT2D eigenvalue weighted by molar-refractivity contribution is -0.301. The summed E-state index contributed by atoms with van der Waals surface area (Å²) in [7, 11) is -5.06. The zero-order valence-electron chi connectivity index (χ0n) is 34.0. The third kappa shape index (κ3) is 28.4. The molecule has 1 fully saturated rings. The summed E-state index contributed by atoms with van der Waals surface area (Å²) in [4.78, 5) is 12.8. The van der Waals surface area contributed by atoms with E-state index in [1.54, 1.807) is 0 Å². The summed E-state index contributed by atoms with van der Waals surface area (Å²) in [6, 6.07) is 0. The summed E-state index contributed by atoms with van der Waals surface area (Å²) in [5.74, 6) is -0.405. The second-order valence-corrected chi connectivity index (χ2v) is 15.6. The van der Waals surface area contributed by atoms with Gasteiger partial charge in [-0.2, -0.15) is 8.42 Å². The second kappa shape index (κ2) is 34.4. The monoisotopic (exact) mass is 805 g/mol. The number of esters is 1. The highest BCUT2D eigenvalue weighted by atomic mass is 32.3. The van der Waals surface area contributed by atoms with Crippen LogP contribution in [0.25, 0.3) is 0 Å². The highest BCUT2D eigenvalue weighted by Gasteiger charge is 2.48. The summed E-state index contributed by atoms with van der Waals surface area (Å²) in [6.45, 7) is 3.84. The number of allylic oxidation sites excluding steroid dienone is 6.